The summed E-state index contributed by atoms with van der Waals surface area (Å²) in [6.45, 7) is 3.03. The zero-order valence-electron chi connectivity index (χ0n) is 16.8. The molecule has 30 heavy (non-hydrogen) atoms. The van der Waals surface area contributed by atoms with Crippen LogP contribution in [0.25, 0.3) is 0 Å². The van der Waals surface area contributed by atoms with E-state index in [0.29, 0.717) is 0 Å². The molecule has 0 fully saturated rings. The summed E-state index contributed by atoms with van der Waals surface area (Å²) in [7, 11) is 0. The van der Waals surface area contributed by atoms with Gasteiger partial charge in [-0.3, -0.25) is 24.0 Å². The van der Waals surface area contributed by atoms with Crippen molar-refractivity contribution in [2.45, 2.75) is 57.7 Å². The van der Waals surface area contributed by atoms with Crippen LogP contribution in [0.3, 0.4) is 0 Å². The van der Waals surface area contributed by atoms with E-state index >= 15 is 0 Å². The molecule has 0 aliphatic carbocycles. The van der Waals surface area contributed by atoms with E-state index in [1.807, 2.05) is 0 Å². The Hall–Kier alpha value is -3.22. The Kier molecular flexibility index (Phi) is 11.7. The number of primary amides is 1. The summed E-state index contributed by atoms with van der Waals surface area (Å²) >= 11 is 0. The van der Waals surface area contributed by atoms with Gasteiger partial charge in [0.2, 0.25) is 23.6 Å². The van der Waals surface area contributed by atoms with Gasteiger partial charge < -0.3 is 37.6 Å². The average molecular weight is 431 g/mol. The molecule has 0 radical (unpaired) electrons. The predicted octanol–water partition coefficient (Wildman–Crippen LogP) is -2.73. The average Bonchev–Trinajstić information content (AvgIpc) is 2.62. The molecule has 0 aliphatic rings. The lowest BCUT2D eigenvalue weighted by atomic mass is 10.0. The lowest BCUT2D eigenvalue weighted by Crippen LogP contribution is -2.56. The summed E-state index contributed by atoms with van der Waals surface area (Å²) in [5.41, 5.74) is 10.2. The maximum Gasteiger partial charge on any atom is 0.326 e. The number of nitrogens with one attached hydrogen (secondary N) is 3. The van der Waals surface area contributed by atoms with Gasteiger partial charge >= 0.3 is 11.9 Å². The molecule has 0 saturated carbocycles. The molecule has 3 atom stereocenters. The summed E-state index contributed by atoms with van der Waals surface area (Å²) < 4.78 is 0. The quantitative estimate of drug-likeness (QED) is 0.151. The topological polar surface area (TPSA) is 231 Å². The third kappa shape index (κ3) is 10.9. The number of carbonyl (C=O) groups excluding carboxylic acids is 4. The summed E-state index contributed by atoms with van der Waals surface area (Å²) in [6, 6.07) is -4.10. The van der Waals surface area contributed by atoms with Crippen molar-refractivity contribution in [2.75, 3.05) is 6.54 Å². The van der Waals surface area contributed by atoms with Crippen LogP contribution in [0, 0.1) is 5.92 Å². The molecule has 170 valence electrons. The number of rotatable bonds is 14. The van der Waals surface area contributed by atoms with Gasteiger partial charge in [-0.05, 0) is 18.8 Å². The fraction of sp³-hybridized carbons (Fsp3) is 0.647. The molecule has 0 saturated heterocycles. The molecule has 13 heteroatoms. The zero-order valence-corrected chi connectivity index (χ0v) is 16.8. The standard InChI is InChI=1S/C17H29N5O8/c1-8(2)5-10(15(27)21-9(17(29)30)3-4-12(19)23)22-16(28)11(6-14(25)26)20-13(24)7-18/h8-11H,3-7,18H2,1-2H3,(H2,19,23)(H,20,24)(H,21,27)(H,22,28)(H,25,26)(H,29,30). The van der Waals surface area contributed by atoms with Gasteiger partial charge in [-0.1, -0.05) is 13.8 Å². The number of carboxylic acids is 2. The Balaban J connectivity index is 5.38. The number of hydrogen-bond donors (Lipinski definition) is 7. The fourth-order valence-electron chi connectivity index (χ4n) is 2.43. The van der Waals surface area contributed by atoms with E-state index in [0.717, 1.165) is 0 Å². The lowest BCUT2D eigenvalue weighted by Gasteiger charge is -2.25. The van der Waals surface area contributed by atoms with Crippen LogP contribution in [-0.4, -0.2) is 70.5 Å². The Bertz CT molecular complexity index is 667. The molecule has 0 spiro atoms. The molecule has 13 nitrogen and oxygen atoms in total. The first-order valence-electron chi connectivity index (χ1n) is 9.20. The Morgan fingerprint density at radius 2 is 1.40 bits per heavy atom. The summed E-state index contributed by atoms with van der Waals surface area (Å²) in [6.07, 6.45) is -1.16. The highest BCUT2D eigenvalue weighted by Gasteiger charge is 2.30. The maximum atomic E-state index is 12.6. The van der Waals surface area contributed by atoms with E-state index in [2.05, 4.69) is 16.0 Å². The van der Waals surface area contributed by atoms with Gasteiger partial charge in [-0.15, -0.1) is 0 Å². The van der Waals surface area contributed by atoms with Gasteiger partial charge in [-0.2, -0.15) is 0 Å². The van der Waals surface area contributed by atoms with Crippen LogP contribution >= 0.6 is 0 Å². The molecule has 0 aromatic carbocycles. The van der Waals surface area contributed by atoms with Gasteiger partial charge in [0.25, 0.3) is 0 Å². The molecule has 0 aromatic heterocycles. The van der Waals surface area contributed by atoms with Crippen LogP contribution in [0.2, 0.25) is 0 Å². The van der Waals surface area contributed by atoms with E-state index in [-0.39, 0.29) is 25.2 Å². The second-order valence-corrected chi connectivity index (χ2v) is 7.02. The normalized spacial score (nSPS) is 13.6. The highest BCUT2D eigenvalue weighted by atomic mass is 16.4. The van der Waals surface area contributed by atoms with Gasteiger partial charge in [0.05, 0.1) is 13.0 Å². The first-order valence-corrected chi connectivity index (χ1v) is 9.20. The SMILES string of the molecule is CC(C)CC(NC(=O)C(CC(=O)O)NC(=O)CN)C(=O)NC(CCC(N)=O)C(=O)O. The number of aliphatic carboxylic acids is 2. The van der Waals surface area contributed by atoms with Crippen LogP contribution < -0.4 is 27.4 Å². The number of carbonyl (C=O) groups is 6. The van der Waals surface area contributed by atoms with Crippen molar-refractivity contribution in [3.8, 4) is 0 Å². The molecule has 0 bridgehead atoms. The van der Waals surface area contributed by atoms with Crippen molar-refractivity contribution < 1.29 is 39.0 Å². The largest absolute Gasteiger partial charge is 0.481 e. The van der Waals surface area contributed by atoms with Crippen LogP contribution in [-0.2, 0) is 28.8 Å². The Labute approximate surface area is 172 Å². The number of carboxylic acid groups (broad SMARTS) is 2. The summed E-state index contributed by atoms with van der Waals surface area (Å²) in [5.74, 6) is -6.15. The van der Waals surface area contributed by atoms with Crippen molar-refractivity contribution in [1.82, 2.24) is 16.0 Å². The minimum absolute atomic E-state index is 0.102. The second-order valence-electron chi connectivity index (χ2n) is 7.02. The first kappa shape index (κ1) is 26.8. The Morgan fingerprint density at radius 1 is 0.867 bits per heavy atom. The highest BCUT2D eigenvalue weighted by Crippen LogP contribution is 2.08. The van der Waals surface area contributed by atoms with Crippen molar-refractivity contribution in [3.05, 3.63) is 0 Å². The van der Waals surface area contributed by atoms with Crippen molar-refractivity contribution in [3.63, 3.8) is 0 Å². The molecule has 9 N–H and O–H groups in total. The van der Waals surface area contributed by atoms with Crippen molar-refractivity contribution in [1.29, 1.82) is 0 Å². The first-order chi connectivity index (χ1) is 13.9. The van der Waals surface area contributed by atoms with E-state index in [1.165, 1.54) is 0 Å². The van der Waals surface area contributed by atoms with E-state index < -0.39 is 66.7 Å². The van der Waals surface area contributed by atoms with E-state index in [9.17, 15) is 33.9 Å². The highest BCUT2D eigenvalue weighted by molar-refractivity contribution is 5.95. The molecular formula is C17H29N5O8. The van der Waals surface area contributed by atoms with Crippen LogP contribution in [0.4, 0.5) is 0 Å². The molecule has 0 rings (SSSR count). The van der Waals surface area contributed by atoms with Crippen LogP contribution in [0.1, 0.15) is 39.5 Å². The second kappa shape index (κ2) is 13.1. The van der Waals surface area contributed by atoms with E-state index in [1.54, 1.807) is 13.8 Å². The molecule has 3 unspecified atom stereocenters. The van der Waals surface area contributed by atoms with Crippen molar-refractivity contribution in [2.24, 2.45) is 17.4 Å². The number of hydrogen-bond acceptors (Lipinski definition) is 7. The minimum Gasteiger partial charge on any atom is -0.481 e. The molecule has 4 amide bonds. The summed E-state index contributed by atoms with van der Waals surface area (Å²) in [5, 5.41) is 24.9. The number of nitrogens with two attached hydrogens (primary N) is 2. The minimum atomic E-state index is -1.48. The summed E-state index contributed by atoms with van der Waals surface area (Å²) in [4.78, 5) is 69.7. The van der Waals surface area contributed by atoms with Crippen molar-refractivity contribution >= 4 is 35.6 Å². The van der Waals surface area contributed by atoms with E-state index in [4.69, 9.17) is 16.6 Å². The monoisotopic (exact) mass is 431 g/mol. The number of amides is 4. The van der Waals surface area contributed by atoms with Gasteiger partial charge in [0.1, 0.15) is 18.1 Å². The maximum absolute atomic E-state index is 12.6. The predicted molar refractivity (Wildman–Crippen MR) is 103 cm³/mol. The molecule has 0 heterocycles. The zero-order chi connectivity index (χ0) is 23.4. The molecule has 0 aliphatic heterocycles. The van der Waals surface area contributed by atoms with Gasteiger partial charge in [-0.25, -0.2) is 4.79 Å². The molecular weight excluding hydrogens is 402 g/mol. The fourth-order valence-corrected chi connectivity index (χ4v) is 2.43. The van der Waals surface area contributed by atoms with Gasteiger partial charge in [0.15, 0.2) is 0 Å². The smallest absolute Gasteiger partial charge is 0.326 e. The lowest BCUT2D eigenvalue weighted by molar-refractivity contribution is -0.143. The van der Waals surface area contributed by atoms with Crippen LogP contribution in [0.15, 0.2) is 0 Å². The Morgan fingerprint density at radius 3 is 1.83 bits per heavy atom. The third-order valence-electron chi connectivity index (χ3n) is 3.85. The van der Waals surface area contributed by atoms with Gasteiger partial charge in [0, 0.05) is 6.42 Å². The third-order valence-corrected chi connectivity index (χ3v) is 3.85. The molecule has 0 aromatic rings. The van der Waals surface area contributed by atoms with Crippen LogP contribution in [0.5, 0.6) is 0 Å².